The molecule has 1 fully saturated rings. The van der Waals surface area contributed by atoms with E-state index in [1.165, 1.54) is 6.42 Å². The van der Waals surface area contributed by atoms with Crippen LogP contribution < -0.4 is 10.1 Å². The van der Waals surface area contributed by atoms with Crippen LogP contribution in [0.4, 0.5) is 0 Å². The van der Waals surface area contributed by atoms with Crippen molar-refractivity contribution < 1.29 is 9.15 Å². The first-order valence-electron chi connectivity index (χ1n) is 6.76. The highest BCUT2D eigenvalue weighted by atomic mass is 16.5. The normalized spacial score (nSPS) is 21.5. The molecule has 4 heteroatoms. The number of nitrogens with one attached hydrogen (secondary N) is 1. The average molecular weight is 260 g/mol. The molecule has 1 aromatic heterocycles. The first-order chi connectivity index (χ1) is 9.28. The van der Waals surface area contributed by atoms with E-state index in [1.54, 1.807) is 7.11 Å². The predicted octanol–water partition coefficient (Wildman–Crippen LogP) is 2.41. The van der Waals surface area contributed by atoms with Crippen LogP contribution in [0.5, 0.6) is 5.75 Å². The van der Waals surface area contributed by atoms with E-state index in [0.717, 1.165) is 42.1 Å². The summed E-state index contributed by atoms with van der Waals surface area (Å²) in [6.45, 7) is 3.11. The molecule has 0 aliphatic carbocycles. The molecule has 0 radical (unpaired) electrons. The monoisotopic (exact) mass is 260 g/mol. The molecule has 0 spiro atoms. The van der Waals surface area contributed by atoms with Crippen molar-refractivity contribution in [2.75, 3.05) is 33.8 Å². The summed E-state index contributed by atoms with van der Waals surface area (Å²) >= 11 is 0. The molecule has 1 atom stereocenters. The van der Waals surface area contributed by atoms with Crippen LogP contribution in [0.3, 0.4) is 0 Å². The van der Waals surface area contributed by atoms with E-state index in [9.17, 15) is 0 Å². The zero-order valence-corrected chi connectivity index (χ0v) is 11.5. The van der Waals surface area contributed by atoms with Crippen LogP contribution in [0.1, 0.15) is 18.2 Å². The second-order valence-electron chi connectivity index (χ2n) is 5.11. The maximum atomic E-state index is 6.00. The van der Waals surface area contributed by atoms with E-state index in [4.69, 9.17) is 9.15 Å². The molecule has 2 aromatic rings. The molecule has 1 aliphatic heterocycles. The smallest absolute Gasteiger partial charge is 0.134 e. The van der Waals surface area contributed by atoms with Crippen LogP contribution in [0.15, 0.2) is 28.7 Å². The van der Waals surface area contributed by atoms with Gasteiger partial charge in [0.2, 0.25) is 0 Å². The first-order valence-corrected chi connectivity index (χ1v) is 6.76. The SMILES string of the molecule is COc1ccc2oc(C3CNCCCN3C)cc2c1. The Kier molecular flexibility index (Phi) is 3.44. The van der Waals surface area contributed by atoms with Gasteiger partial charge >= 0.3 is 0 Å². The molecule has 0 saturated carbocycles. The van der Waals surface area contributed by atoms with Crippen LogP contribution in [0.2, 0.25) is 0 Å². The average Bonchev–Trinajstić information content (AvgIpc) is 2.72. The highest BCUT2D eigenvalue weighted by Gasteiger charge is 2.22. The van der Waals surface area contributed by atoms with Gasteiger partial charge in [0.05, 0.1) is 13.2 Å². The zero-order chi connectivity index (χ0) is 13.2. The summed E-state index contributed by atoms with van der Waals surface area (Å²) in [4.78, 5) is 2.36. The van der Waals surface area contributed by atoms with Crippen molar-refractivity contribution in [3.8, 4) is 5.75 Å². The molecule has 19 heavy (non-hydrogen) atoms. The van der Waals surface area contributed by atoms with Crippen LogP contribution in [-0.2, 0) is 0 Å². The number of fused-ring (bicyclic) bond motifs is 1. The fraction of sp³-hybridized carbons (Fsp3) is 0.467. The van der Waals surface area contributed by atoms with Gasteiger partial charge in [-0.2, -0.15) is 0 Å². The third-order valence-electron chi connectivity index (χ3n) is 3.81. The summed E-state index contributed by atoms with van der Waals surface area (Å²) in [6.07, 6.45) is 1.18. The maximum absolute atomic E-state index is 6.00. The van der Waals surface area contributed by atoms with E-state index in [-0.39, 0.29) is 0 Å². The number of hydrogen-bond donors (Lipinski definition) is 1. The highest BCUT2D eigenvalue weighted by Crippen LogP contribution is 2.29. The minimum atomic E-state index is 0.306. The third kappa shape index (κ3) is 2.46. The molecule has 4 nitrogen and oxygen atoms in total. The van der Waals surface area contributed by atoms with Crippen molar-refractivity contribution in [2.24, 2.45) is 0 Å². The molecule has 0 amide bonds. The molecule has 1 N–H and O–H groups in total. The number of furan rings is 1. The second kappa shape index (κ2) is 5.23. The number of benzene rings is 1. The molecular weight excluding hydrogens is 240 g/mol. The van der Waals surface area contributed by atoms with Crippen molar-refractivity contribution in [1.29, 1.82) is 0 Å². The molecule has 102 valence electrons. The Hall–Kier alpha value is -1.52. The Balaban J connectivity index is 1.95. The lowest BCUT2D eigenvalue weighted by Crippen LogP contribution is -2.29. The van der Waals surface area contributed by atoms with Gasteiger partial charge in [0, 0.05) is 11.9 Å². The molecule has 0 bridgehead atoms. The van der Waals surface area contributed by atoms with E-state index in [0.29, 0.717) is 6.04 Å². The first kappa shape index (κ1) is 12.5. The minimum absolute atomic E-state index is 0.306. The molecule has 3 rings (SSSR count). The quantitative estimate of drug-likeness (QED) is 0.900. The van der Waals surface area contributed by atoms with Gasteiger partial charge in [0.15, 0.2) is 0 Å². The van der Waals surface area contributed by atoms with Crippen LogP contribution in [-0.4, -0.2) is 38.7 Å². The summed E-state index contributed by atoms with van der Waals surface area (Å²) in [5, 5.41) is 4.57. The van der Waals surface area contributed by atoms with Crippen molar-refractivity contribution in [1.82, 2.24) is 10.2 Å². The molecule has 2 heterocycles. The topological polar surface area (TPSA) is 37.6 Å². The van der Waals surface area contributed by atoms with Gasteiger partial charge in [-0.25, -0.2) is 0 Å². The number of hydrogen-bond acceptors (Lipinski definition) is 4. The van der Waals surface area contributed by atoms with Crippen LogP contribution in [0, 0.1) is 0 Å². The Morgan fingerprint density at radius 3 is 3.11 bits per heavy atom. The minimum Gasteiger partial charge on any atom is -0.497 e. The lowest BCUT2D eigenvalue weighted by atomic mass is 10.1. The van der Waals surface area contributed by atoms with Crippen molar-refractivity contribution in [3.63, 3.8) is 0 Å². The molecule has 1 saturated heterocycles. The maximum Gasteiger partial charge on any atom is 0.134 e. The third-order valence-corrected chi connectivity index (χ3v) is 3.81. The molecule has 1 unspecified atom stereocenters. The number of ether oxygens (including phenoxy) is 1. The largest absolute Gasteiger partial charge is 0.497 e. The van der Waals surface area contributed by atoms with Gasteiger partial charge in [-0.05, 0) is 50.8 Å². The van der Waals surface area contributed by atoms with Crippen molar-refractivity contribution in [2.45, 2.75) is 12.5 Å². The van der Waals surface area contributed by atoms with Crippen LogP contribution in [0.25, 0.3) is 11.0 Å². The fourth-order valence-corrected chi connectivity index (χ4v) is 2.65. The van der Waals surface area contributed by atoms with E-state index in [1.807, 2.05) is 18.2 Å². The Bertz CT molecular complexity index is 564. The van der Waals surface area contributed by atoms with Gasteiger partial charge in [0.1, 0.15) is 17.1 Å². The van der Waals surface area contributed by atoms with Gasteiger partial charge in [-0.1, -0.05) is 0 Å². The summed E-state index contributed by atoms with van der Waals surface area (Å²) in [5.74, 6) is 1.90. The molecule has 1 aromatic carbocycles. The summed E-state index contributed by atoms with van der Waals surface area (Å²) < 4.78 is 11.2. The van der Waals surface area contributed by atoms with E-state index in [2.05, 4.69) is 23.3 Å². The number of nitrogens with zero attached hydrogens (tertiary/aromatic N) is 1. The Morgan fingerprint density at radius 2 is 2.26 bits per heavy atom. The number of likely N-dealkylation sites (N-methyl/N-ethyl adjacent to an activating group) is 1. The molecular formula is C15H20N2O2. The number of rotatable bonds is 2. The van der Waals surface area contributed by atoms with Crippen LogP contribution >= 0.6 is 0 Å². The lowest BCUT2D eigenvalue weighted by molar-refractivity contribution is 0.233. The summed E-state index contributed by atoms with van der Waals surface area (Å²) in [7, 11) is 3.84. The van der Waals surface area contributed by atoms with Crippen molar-refractivity contribution in [3.05, 3.63) is 30.0 Å². The predicted molar refractivity (Wildman–Crippen MR) is 75.6 cm³/mol. The Morgan fingerprint density at radius 1 is 1.37 bits per heavy atom. The fourth-order valence-electron chi connectivity index (χ4n) is 2.65. The standard InChI is InChI=1S/C15H20N2O2/c1-17-7-3-6-16-10-13(17)15-9-11-8-12(18-2)4-5-14(11)19-15/h4-5,8-9,13,16H,3,6-7,10H2,1-2H3. The highest BCUT2D eigenvalue weighted by molar-refractivity contribution is 5.79. The van der Waals surface area contributed by atoms with E-state index < -0.39 is 0 Å². The summed E-state index contributed by atoms with van der Waals surface area (Å²) in [5.41, 5.74) is 0.924. The van der Waals surface area contributed by atoms with E-state index >= 15 is 0 Å². The zero-order valence-electron chi connectivity index (χ0n) is 11.5. The van der Waals surface area contributed by atoms with Gasteiger partial charge in [-0.3, -0.25) is 4.90 Å². The van der Waals surface area contributed by atoms with Crippen molar-refractivity contribution >= 4 is 11.0 Å². The summed E-state index contributed by atoms with van der Waals surface area (Å²) in [6, 6.07) is 8.37. The Labute approximate surface area is 113 Å². The van der Waals surface area contributed by atoms with Gasteiger partial charge in [-0.15, -0.1) is 0 Å². The van der Waals surface area contributed by atoms with Gasteiger partial charge in [0.25, 0.3) is 0 Å². The number of methoxy groups -OCH3 is 1. The second-order valence-corrected chi connectivity index (χ2v) is 5.11. The lowest BCUT2D eigenvalue weighted by Gasteiger charge is -2.23. The van der Waals surface area contributed by atoms with Gasteiger partial charge < -0.3 is 14.5 Å². The molecule has 1 aliphatic rings.